The van der Waals surface area contributed by atoms with Gasteiger partial charge in [0.05, 0.1) is 23.9 Å². The number of carbonyl (C=O) groups excluding carboxylic acids is 4. The molecule has 2 amide bonds. The molecule has 49 heavy (non-hydrogen) atoms. The molecule has 3 aromatic rings. The van der Waals surface area contributed by atoms with E-state index >= 15 is 4.79 Å². The van der Waals surface area contributed by atoms with Gasteiger partial charge in [-0.3, -0.25) is 28.9 Å². The molecule has 3 aromatic carbocycles. The number of ether oxygens (including phenoxy) is 1. The molecule has 6 atom stereocenters. The largest absolute Gasteiger partial charge is 0.504 e. The summed E-state index contributed by atoms with van der Waals surface area (Å²) in [5.41, 5.74) is 1.67. The second-order valence-electron chi connectivity index (χ2n) is 13.3. The van der Waals surface area contributed by atoms with Crippen molar-refractivity contribution in [3.05, 3.63) is 113 Å². The minimum Gasteiger partial charge on any atom is -0.504 e. The van der Waals surface area contributed by atoms with E-state index in [0.29, 0.717) is 22.3 Å². The third kappa shape index (κ3) is 5.10. The van der Waals surface area contributed by atoms with Crippen molar-refractivity contribution in [1.82, 2.24) is 4.90 Å². The van der Waals surface area contributed by atoms with Crippen molar-refractivity contribution in [1.29, 1.82) is 0 Å². The first-order valence-electron chi connectivity index (χ1n) is 16.8. The summed E-state index contributed by atoms with van der Waals surface area (Å²) in [6, 6.07) is 23.4. The quantitative estimate of drug-likeness (QED) is 0.228. The fourth-order valence-corrected chi connectivity index (χ4v) is 8.90. The lowest BCUT2D eigenvalue weighted by Crippen LogP contribution is -2.58. The summed E-state index contributed by atoms with van der Waals surface area (Å²) >= 11 is 0. The van der Waals surface area contributed by atoms with Crippen molar-refractivity contribution in [2.75, 3.05) is 13.2 Å². The number of aliphatic carboxylic acids is 1. The Kier molecular flexibility index (Phi) is 8.30. The molecular formula is C40H37NO8. The van der Waals surface area contributed by atoms with Gasteiger partial charge < -0.3 is 14.9 Å². The number of rotatable bonds is 9. The first-order chi connectivity index (χ1) is 23.7. The number of ketones is 2. The summed E-state index contributed by atoms with van der Waals surface area (Å²) in [5, 5.41) is 19.9. The average Bonchev–Trinajstić information content (AvgIpc) is 3.35. The number of aromatic hydroxyl groups is 1. The molecular weight excluding hydrogens is 622 g/mol. The number of benzene rings is 3. The Bertz CT molecular complexity index is 1910. The minimum atomic E-state index is -1.39. The van der Waals surface area contributed by atoms with Gasteiger partial charge in [-0.25, -0.2) is 0 Å². The predicted molar refractivity (Wildman–Crippen MR) is 179 cm³/mol. The number of likely N-dealkylation sites (tertiary alicyclic amines) is 1. The molecule has 0 aromatic heterocycles. The van der Waals surface area contributed by atoms with E-state index in [1.165, 1.54) is 17.0 Å². The molecule has 3 aliphatic carbocycles. The van der Waals surface area contributed by atoms with Gasteiger partial charge in [0.1, 0.15) is 0 Å². The second kappa shape index (κ2) is 12.6. The number of Topliss-reactive ketones (excluding diaryl/α,β-unsaturated/α-hetero) is 1. The normalized spacial score (nSPS) is 27.5. The van der Waals surface area contributed by atoms with Gasteiger partial charge in [-0.2, -0.15) is 0 Å². The summed E-state index contributed by atoms with van der Waals surface area (Å²) in [4.78, 5) is 70.3. The van der Waals surface area contributed by atoms with Gasteiger partial charge in [0.15, 0.2) is 23.1 Å². The van der Waals surface area contributed by atoms with E-state index in [1.807, 2.05) is 54.6 Å². The zero-order chi connectivity index (χ0) is 34.4. The first kappa shape index (κ1) is 32.2. The Morgan fingerprint density at radius 3 is 2.35 bits per heavy atom. The van der Waals surface area contributed by atoms with E-state index in [-0.39, 0.29) is 73.7 Å². The predicted octanol–water partition coefficient (Wildman–Crippen LogP) is 5.48. The molecule has 1 saturated carbocycles. The van der Waals surface area contributed by atoms with Crippen LogP contribution < -0.4 is 4.74 Å². The zero-order valence-corrected chi connectivity index (χ0v) is 27.1. The van der Waals surface area contributed by atoms with Crippen LogP contribution in [0.1, 0.15) is 55.2 Å². The molecule has 2 fully saturated rings. The van der Waals surface area contributed by atoms with Crippen molar-refractivity contribution in [2.45, 2.75) is 43.9 Å². The molecule has 6 unspecified atom stereocenters. The Labute approximate surface area is 283 Å². The van der Waals surface area contributed by atoms with Crippen molar-refractivity contribution < 1.29 is 38.9 Å². The van der Waals surface area contributed by atoms with Crippen molar-refractivity contribution in [3.8, 4) is 11.5 Å². The third-order valence-electron chi connectivity index (χ3n) is 10.9. The van der Waals surface area contributed by atoms with Gasteiger partial charge >= 0.3 is 5.97 Å². The van der Waals surface area contributed by atoms with E-state index in [1.54, 1.807) is 31.2 Å². The van der Waals surface area contributed by atoms with Crippen molar-refractivity contribution >= 4 is 34.9 Å². The minimum absolute atomic E-state index is 0.00776. The van der Waals surface area contributed by atoms with Gasteiger partial charge in [-0.15, -0.1) is 0 Å². The third-order valence-corrected chi connectivity index (χ3v) is 10.9. The second-order valence-corrected chi connectivity index (χ2v) is 13.3. The van der Waals surface area contributed by atoms with Crippen LogP contribution in [0.15, 0.2) is 96.6 Å². The van der Waals surface area contributed by atoms with Crippen LogP contribution >= 0.6 is 0 Å². The standard InChI is InChI=1S/C40H37NO8/c1-2-49-32-20-24(15-18-31(32)42)36-26-16-17-27-35(39(48)41(38(27)47)19-9-14-34(44)45)29(26)21-30-37(46)28(23-10-5-3-6-11-23)22-33(43)40(30,36)25-12-7-4-8-13-25/h3-8,10-13,15-16,18,20,22,27,29-30,35-36,42H,2,9,14,17,19,21H2,1H3,(H,44,45). The highest BCUT2D eigenvalue weighted by Gasteiger charge is 2.65. The maximum atomic E-state index is 15.1. The van der Waals surface area contributed by atoms with Crippen LogP contribution in [0.25, 0.3) is 5.57 Å². The summed E-state index contributed by atoms with van der Waals surface area (Å²) in [6.07, 6.45) is 3.87. The van der Waals surface area contributed by atoms with Crippen molar-refractivity contribution in [3.63, 3.8) is 0 Å². The monoisotopic (exact) mass is 659 g/mol. The number of hydrogen-bond acceptors (Lipinski definition) is 7. The summed E-state index contributed by atoms with van der Waals surface area (Å²) in [6.45, 7) is 2.10. The number of phenols is 1. The number of fused-ring (bicyclic) bond motifs is 4. The number of amides is 2. The van der Waals surface area contributed by atoms with E-state index in [9.17, 15) is 29.4 Å². The van der Waals surface area contributed by atoms with Crippen LogP contribution in [0.4, 0.5) is 0 Å². The Balaban J connectivity index is 1.44. The molecule has 4 aliphatic rings. The molecule has 1 saturated heterocycles. The average molecular weight is 660 g/mol. The van der Waals surface area contributed by atoms with Crippen LogP contribution in [-0.2, 0) is 29.4 Å². The van der Waals surface area contributed by atoms with Crippen LogP contribution in [0.5, 0.6) is 11.5 Å². The lowest BCUT2D eigenvalue weighted by molar-refractivity contribution is -0.142. The van der Waals surface area contributed by atoms with Crippen molar-refractivity contribution in [2.24, 2.45) is 23.7 Å². The number of hydrogen-bond donors (Lipinski definition) is 2. The van der Waals surface area contributed by atoms with Gasteiger partial charge in [0, 0.05) is 30.4 Å². The topological polar surface area (TPSA) is 138 Å². The lowest BCUT2D eigenvalue weighted by atomic mass is 9.44. The Hall–Kier alpha value is -5.31. The summed E-state index contributed by atoms with van der Waals surface area (Å²) in [7, 11) is 0. The molecule has 1 heterocycles. The highest BCUT2D eigenvalue weighted by molar-refractivity contribution is 6.31. The molecule has 9 nitrogen and oxygen atoms in total. The highest BCUT2D eigenvalue weighted by atomic mass is 16.5. The fourth-order valence-electron chi connectivity index (χ4n) is 8.90. The molecule has 9 heteroatoms. The zero-order valence-electron chi connectivity index (χ0n) is 27.1. The van der Waals surface area contributed by atoms with Gasteiger partial charge in [0.2, 0.25) is 11.8 Å². The number of imide groups is 1. The molecule has 7 rings (SSSR count). The van der Waals surface area contributed by atoms with Crippen LogP contribution in [0, 0.1) is 23.7 Å². The number of carboxylic acids is 1. The Morgan fingerprint density at radius 2 is 1.65 bits per heavy atom. The fraction of sp³-hybridized carbons (Fsp3) is 0.325. The molecule has 250 valence electrons. The number of carbonyl (C=O) groups is 5. The summed E-state index contributed by atoms with van der Waals surface area (Å²) < 4.78 is 5.79. The van der Waals surface area contributed by atoms with Crippen LogP contribution in [0.3, 0.4) is 0 Å². The molecule has 0 radical (unpaired) electrons. The maximum absolute atomic E-state index is 15.1. The molecule has 0 bridgehead atoms. The molecule has 0 spiro atoms. The lowest BCUT2D eigenvalue weighted by Gasteiger charge is -2.55. The van der Waals surface area contributed by atoms with E-state index in [0.717, 1.165) is 5.57 Å². The highest BCUT2D eigenvalue weighted by Crippen LogP contribution is 2.64. The summed E-state index contributed by atoms with van der Waals surface area (Å²) in [5.74, 6) is -5.52. The molecule has 1 aliphatic heterocycles. The van der Waals surface area contributed by atoms with Gasteiger partial charge in [0.25, 0.3) is 0 Å². The molecule has 2 N–H and O–H groups in total. The Morgan fingerprint density at radius 1 is 0.939 bits per heavy atom. The number of phenolic OH excluding ortho intramolecular Hbond substituents is 1. The maximum Gasteiger partial charge on any atom is 0.303 e. The first-order valence-corrected chi connectivity index (χ1v) is 16.8. The smallest absolute Gasteiger partial charge is 0.303 e. The van der Waals surface area contributed by atoms with E-state index in [4.69, 9.17) is 4.74 Å². The number of nitrogens with zero attached hydrogens (tertiary/aromatic N) is 1. The van der Waals surface area contributed by atoms with Crippen LogP contribution in [-0.4, -0.2) is 57.6 Å². The number of allylic oxidation sites excluding steroid dienone is 4. The van der Waals surface area contributed by atoms with Crippen LogP contribution in [0.2, 0.25) is 0 Å². The SMILES string of the molecule is CCOc1cc(C2C3=CCC4C(=O)N(CCCC(=O)O)C(=O)C4C3CC3C(=O)C(c4ccccc4)=CC(=O)C32c2ccccc2)ccc1O. The van der Waals surface area contributed by atoms with E-state index in [2.05, 4.69) is 0 Å². The van der Waals surface area contributed by atoms with Gasteiger partial charge in [-0.05, 0) is 67.0 Å². The van der Waals surface area contributed by atoms with Gasteiger partial charge in [-0.1, -0.05) is 78.4 Å². The number of carboxylic acid groups (broad SMARTS) is 1. The van der Waals surface area contributed by atoms with E-state index < -0.39 is 41.0 Å².